The molecule has 1 aromatic heterocycles. The summed E-state index contributed by atoms with van der Waals surface area (Å²) in [4.78, 5) is 0. The van der Waals surface area contributed by atoms with Gasteiger partial charge in [0.15, 0.2) is 17.3 Å². The van der Waals surface area contributed by atoms with Crippen LogP contribution in [0.2, 0.25) is 0 Å². The number of rotatable bonds is 3. The summed E-state index contributed by atoms with van der Waals surface area (Å²) in [6.07, 6.45) is 0. The highest BCUT2D eigenvalue weighted by molar-refractivity contribution is 5.99. The van der Waals surface area contributed by atoms with Gasteiger partial charge in [0, 0.05) is 6.54 Å². The van der Waals surface area contributed by atoms with Crippen LogP contribution >= 0.6 is 0 Å². The van der Waals surface area contributed by atoms with Crippen LogP contribution in [0.1, 0.15) is 16.8 Å². The Morgan fingerprint density at radius 3 is 2.94 bits per heavy atom. The van der Waals surface area contributed by atoms with E-state index in [1.54, 1.807) is 0 Å². The van der Waals surface area contributed by atoms with Gasteiger partial charge in [0.1, 0.15) is 0 Å². The highest BCUT2D eigenvalue weighted by atomic mass is 16.6. The Morgan fingerprint density at radius 1 is 1.50 bits per heavy atom. The van der Waals surface area contributed by atoms with Gasteiger partial charge in [-0.05, 0) is 22.8 Å². The summed E-state index contributed by atoms with van der Waals surface area (Å²) >= 11 is 0. The molecule has 0 saturated heterocycles. The molecule has 7 nitrogen and oxygen atoms in total. The Labute approximate surface area is 103 Å². The van der Waals surface area contributed by atoms with Crippen molar-refractivity contribution < 1.29 is 9.84 Å². The molecule has 2 rings (SSSR count). The summed E-state index contributed by atoms with van der Waals surface area (Å²) in [5.74, 6) is 0.190. The first-order valence-electron chi connectivity index (χ1n) is 5.30. The summed E-state index contributed by atoms with van der Waals surface area (Å²) in [7, 11) is 0. The fourth-order valence-electron chi connectivity index (χ4n) is 1.53. The zero-order chi connectivity index (χ0) is 13.0. The number of oxime groups is 1. The summed E-state index contributed by atoms with van der Waals surface area (Å²) in [6.45, 7) is 2.48. The van der Waals surface area contributed by atoms with E-state index in [4.69, 9.17) is 10.9 Å². The first-order chi connectivity index (χ1) is 8.70. The van der Waals surface area contributed by atoms with Gasteiger partial charge in [0.05, 0.1) is 0 Å². The predicted octanol–water partition coefficient (Wildman–Crippen LogP) is 0.886. The molecule has 2 aromatic rings. The van der Waals surface area contributed by atoms with Crippen LogP contribution < -0.4 is 11.1 Å². The van der Waals surface area contributed by atoms with E-state index in [2.05, 4.69) is 25.4 Å². The highest BCUT2D eigenvalue weighted by Gasteiger charge is 2.14. The average Bonchev–Trinajstić information content (AvgIpc) is 2.77. The van der Waals surface area contributed by atoms with Crippen LogP contribution in [-0.2, 0) is 6.54 Å². The zero-order valence-corrected chi connectivity index (χ0v) is 9.79. The fourth-order valence-corrected chi connectivity index (χ4v) is 1.53. The maximum Gasteiger partial charge on any atom is 0.199 e. The van der Waals surface area contributed by atoms with E-state index in [0.29, 0.717) is 6.54 Å². The van der Waals surface area contributed by atoms with Gasteiger partial charge in [0.2, 0.25) is 0 Å². The van der Waals surface area contributed by atoms with Crippen molar-refractivity contribution in [1.82, 2.24) is 15.6 Å². The minimum atomic E-state index is 0.0690. The summed E-state index contributed by atoms with van der Waals surface area (Å²) in [6, 6.07) is 7.93. The Balaban J connectivity index is 2.07. The Kier molecular flexibility index (Phi) is 3.42. The zero-order valence-electron chi connectivity index (χ0n) is 9.79. The van der Waals surface area contributed by atoms with Gasteiger partial charge in [-0.15, -0.1) is 0 Å². The van der Waals surface area contributed by atoms with Crippen LogP contribution in [0.15, 0.2) is 34.1 Å². The minimum Gasteiger partial charge on any atom is -0.409 e. The molecule has 0 aliphatic rings. The standard InChI is InChI=1S/C11H13N5O2/c1-7-3-2-4-8(5-7)6-13-11(14-17)9-10(12)16-18-15-9/h2-5,17H,6H2,1H3,(H2,12,16)(H,13,14). The molecule has 0 bridgehead atoms. The minimum absolute atomic E-state index is 0.0690. The van der Waals surface area contributed by atoms with E-state index < -0.39 is 0 Å². The lowest BCUT2D eigenvalue weighted by molar-refractivity contribution is 0.304. The molecule has 0 amide bonds. The van der Waals surface area contributed by atoms with Crippen molar-refractivity contribution in [3.8, 4) is 0 Å². The van der Waals surface area contributed by atoms with Gasteiger partial charge in [-0.25, -0.2) is 4.63 Å². The van der Waals surface area contributed by atoms with E-state index in [-0.39, 0.29) is 17.3 Å². The molecule has 4 N–H and O–H groups in total. The van der Waals surface area contributed by atoms with Gasteiger partial charge >= 0.3 is 0 Å². The average molecular weight is 247 g/mol. The maximum absolute atomic E-state index is 8.92. The molecule has 0 radical (unpaired) electrons. The van der Waals surface area contributed by atoms with Crippen molar-refractivity contribution in [2.45, 2.75) is 13.5 Å². The number of benzene rings is 1. The third-order valence-electron chi connectivity index (χ3n) is 2.38. The van der Waals surface area contributed by atoms with E-state index in [0.717, 1.165) is 11.1 Å². The number of nitrogens with one attached hydrogen (secondary N) is 1. The Bertz CT molecular complexity index is 564. The SMILES string of the molecule is Cc1cccc(CN/C(=N\O)c2nonc2N)c1. The first kappa shape index (κ1) is 11.9. The summed E-state index contributed by atoms with van der Waals surface area (Å²) in [5, 5.41) is 21.9. The van der Waals surface area contributed by atoms with Crippen molar-refractivity contribution in [3.05, 3.63) is 41.1 Å². The van der Waals surface area contributed by atoms with Gasteiger partial charge in [-0.3, -0.25) is 0 Å². The van der Waals surface area contributed by atoms with Crippen LogP contribution in [0, 0.1) is 6.92 Å². The van der Waals surface area contributed by atoms with Crippen molar-refractivity contribution in [1.29, 1.82) is 0 Å². The van der Waals surface area contributed by atoms with Gasteiger partial charge in [0.25, 0.3) is 0 Å². The number of aromatic nitrogens is 2. The molecule has 18 heavy (non-hydrogen) atoms. The van der Waals surface area contributed by atoms with E-state index in [1.165, 1.54) is 0 Å². The number of hydrogen-bond acceptors (Lipinski definition) is 6. The number of nitrogens with two attached hydrogens (primary N) is 1. The van der Waals surface area contributed by atoms with Crippen LogP contribution in [-0.4, -0.2) is 21.4 Å². The molecular weight excluding hydrogens is 234 g/mol. The maximum atomic E-state index is 8.92. The molecule has 0 fully saturated rings. The van der Waals surface area contributed by atoms with Crippen molar-refractivity contribution >= 4 is 11.7 Å². The summed E-state index contributed by atoms with van der Waals surface area (Å²) < 4.78 is 4.44. The Hall–Kier alpha value is -2.57. The van der Waals surface area contributed by atoms with Gasteiger partial charge in [-0.1, -0.05) is 35.0 Å². The summed E-state index contributed by atoms with van der Waals surface area (Å²) in [5.41, 5.74) is 7.90. The van der Waals surface area contributed by atoms with Crippen LogP contribution in [0.4, 0.5) is 5.82 Å². The molecule has 0 aliphatic carbocycles. The molecule has 0 saturated carbocycles. The third kappa shape index (κ3) is 2.57. The topological polar surface area (TPSA) is 110 Å². The van der Waals surface area contributed by atoms with Crippen LogP contribution in [0.5, 0.6) is 0 Å². The molecule has 0 atom stereocenters. The molecular formula is C11H13N5O2. The lowest BCUT2D eigenvalue weighted by Crippen LogP contribution is -2.25. The fraction of sp³-hybridized carbons (Fsp3) is 0.182. The third-order valence-corrected chi connectivity index (χ3v) is 2.38. The molecule has 0 spiro atoms. The number of nitrogen functional groups attached to an aromatic ring is 1. The molecule has 1 heterocycles. The number of hydrogen-bond donors (Lipinski definition) is 3. The first-order valence-corrected chi connectivity index (χ1v) is 5.30. The molecule has 94 valence electrons. The van der Waals surface area contributed by atoms with Crippen molar-refractivity contribution in [2.24, 2.45) is 5.16 Å². The predicted molar refractivity (Wildman–Crippen MR) is 65.1 cm³/mol. The second kappa shape index (κ2) is 5.17. The van der Waals surface area contributed by atoms with Crippen molar-refractivity contribution in [2.75, 3.05) is 5.73 Å². The number of aryl methyl sites for hydroxylation is 1. The smallest absolute Gasteiger partial charge is 0.199 e. The molecule has 0 unspecified atom stereocenters. The number of anilines is 1. The highest BCUT2D eigenvalue weighted by Crippen LogP contribution is 2.07. The van der Waals surface area contributed by atoms with E-state index >= 15 is 0 Å². The van der Waals surface area contributed by atoms with E-state index in [9.17, 15) is 0 Å². The lowest BCUT2D eigenvalue weighted by atomic mass is 10.1. The lowest BCUT2D eigenvalue weighted by Gasteiger charge is -2.06. The van der Waals surface area contributed by atoms with E-state index in [1.807, 2.05) is 31.2 Å². The largest absolute Gasteiger partial charge is 0.409 e. The van der Waals surface area contributed by atoms with Gasteiger partial charge in [-0.2, -0.15) is 0 Å². The van der Waals surface area contributed by atoms with Crippen LogP contribution in [0.3, 0.4) is 0 Å². The van der Waals surface area contributed by atoms with Gasteiger partial charge < -0.3 is 16.3 Å². The number of amidine groups is 1. The molecule has 0 aliphatic heterocycles. The Morgan fingerprint density at radius 2 is 2.33 bits per heavy atom. The second-order valence-corrected chi connectivity index (χ2v) is 3.79. The molecule has 7 heteroatoms. The number of nitrogens with zero attached hydrogens (tertiary/aromatic N) is 3. The monoisotopic (exact) mass is 247 g/mol. The normalized spacial score (nSPS) is 11.5. The van der Waals surface area contributed by atoms with Crippen LogP contribution in [0.25, 0.3) is 0 Å². The molecule has 1 aromatic carbocycles. The quantitative estimate of drug-likeness (QED) is 0.321. The van der Waals surface area contributed by atoms with Crippen molar-refractivity contribution in [3.63, 3.8) is 0 Å². The second-order valence-electron chi connectivity index (χ2n) is 3.79.